The highest BCUT2D eigenvalue weighted by atomic mass is 16.5. The van der Waals surface area contributed by atoms with E-state index in [4.69, 9.17) is 4.74 Å². The van der Waals surface area contributed by atoms with Gasteiger partial charge in [0.05, 0.1) is 0 Å². The lowest BCUT2D eigenvalue weighted by molar-refractivity contribution is 0.122. The maximum atomic E-state index is 5.64. The molecule has 3 heteroatoms. The Morgan fingerprint density at radius 3 is 3.10 bits per heavy atom. The van der Waals surface area contributed by atoms with Crippen molar-refractivity contribution in [1.82, 2.24) is 5.32 Å². The van der Waals surface area contributed by atoms with Gasteiger partial charge in [0.25, 0.3) is 0 Å². The predicted octanol–water partition coefficient (Wildman–Crippen LogP) is 2.59. The van der Waals surface area contributed by atoms with E-state index in [1.165, 1.54) is 36.1 Å². The van der Waals surface area contributed by atoms with Crippen molar-refractivity contribution >= 4 is 5.69 Å². The van der Waals surface area contributed by atoms with Crippen molar-refractivity contribution in [3.8, 4) is 0 Å². The fourth-order valence-electron chi connectivity index (χ4n) is 2.80. The second-order valence-corrected chi connectivity index (χ2v) is 6.18. The molecule has 3 nitrogen and oxygen atoms in total. The summed E-state index contributed by atoms with van der Waals surface area (Å²) >= 11 is 0. The quantitative estimate of drug-likeness (QED) is 0.737. The van der Waals surface area contributed by atoms with Crippen LogP contribution in [-0.2, 0) is 17.7 Å². The Bertz CT molecular complexity index is 443. The van der Waals surface area contributed by atoms with E-state index in [0.29, 0.717) is 0 Å². The summed E-state index contributed by atoms with van der Waals surface area (Å²) in [5.74, 6) is 0.882. The number of nitrogens with one attached hydrogen (secondary N) is 1. The summed E-state index contributed by atoms with van der Waals surface area (Å²) in [6, 6.07) is 6.87. The molecule has 3 rings (SSSR count). The average Bonchev–Trinajstić information content (AvgIpc) is 3.21. The van der Waals surface area contributed by atoms with E-state index >= 15 is 0 Å². The molecule has 0 spiro atoms. The maximum Gasteiger partial charge on any atom is 0.0494 e. The van der Waals surface area contributed by atoms with E-state index in [2.05, 4.69) is 35.5 Å². The highest BCUT2D eigenvalue weighted by Gasteiger charge is 2.20. The van der Waals surface area contributed by atoms with Gasteiger partial charge in [-0.25, -0.2) is 0 Å². The highest BCUT2D eigenvalue weighted by molar-refractivity contribution is 5.58. The average molecular weight is 274 g/mol. The third-order valence-corrected chi connectivity index (χ3v) is 4.29. The fraction of sp³-hybridized carbons (Fsp3) is 0.647. The molecule has 1 aliphatic heterocycles. The van der Waals surface area contributed by atoms with Crippen LogP contribution in [0.5, 0.6) is 0 Å². The smallest absolute Gasteiger partial charge is 0.0494 e. The molecule has 1 N–H and O–H groups in total. The zero-order valence-corrected chi connectivity index (χ0v) is 12.5. The summed E-state index contributed by atoms with van der Waals surface area (Å²) in [5.41, 5.74) is 4.31. The summed E-state index contributed by atoms with van der Waals surface area (Å²) in [6.07, 6.45) is 5.06. The molecule has 1 aromatic carbocycles. The molecular formula is C17H26N2O. The topological polar surface area (TPSA) is 24.5 Å². The Balaban J connectivity index is 1.32. The van der Waals surface area contributed by atoms with E-state index in [-0.39, 0.29) is 0 Å². The van der Waals surface area contributed by atoms with Crippen LogP contribution in [0.4, 0.5) is 5.69 Å². The van der Waals surface area contributed by atoms with Gasteiger partial charge in [0.1, 0.15) is 0 Å². The number of benzene rings is 1. The molecule has 2 aliphatic rings. The first kappa shape index (κ1) is 13.9. The highest BCUT2D eigenvalue weighted by Crippen LogP contribution is 2.28. The molecule has 1 heterocycles. The summed E-state index contributed by atoms with van der Waals surface area (Å²) in [7, 11) is 2.17. The first-order valence-corrected chi connectivity index (χ1v) is 7.94. The molecular weight excluding hydrogens is 248 g/mol. The number of likely N-dealkylation sites (N-methyl/N-ethyl adjacent to an activating group) is 1. The van der Waals surface area contributed by atoms with E-state index < -0.39 is 0 Å². The first-order valence-electron chi connectivity index (χ1n) is 7.94. The SMILES string of the molecule is CN1CCc2cc(CNCCCOCC3CC3)ccc21. The molecule has 0 saturated heterocycles. The Hall–Kier alpha value is -1.06. The molecule has 0 aromatic heterocycles. The first-order chi connectivity index (χ1) is 9.83. The Morgan fingerprint density at radius 2 is 2.25 bits per heavy atom. The van der Waals surface area contributed by atoms with Crippen LogP contribution in [0.25, 0.3) is 0 Å². The minimum atomic E-state index is 0.882. The van der Waals surface area contributed by atoms with Gasteiger partial charge in [-0.2, -0.15) is 0 Å². The predicted molar refractivity (Wildman–Crippen MR) is 83.3 cm³/mol. The van der Waals surface area contributed by atoms with Crippen LogP contribution >= 0.6 is 0 Å². The van der Waals surface area contributed by atoms with Gasteiger partial charge in [0, 0.05) is 39.0 Å². The standard InChI is InChI=1S/C17H26N2O/c1-19-9-7-16-11-15(5-6-17(16)19)12-18-8-2-10-20-13-14-3-4-14/h5-6,11,14,18H,2-4,7-10,12-13H2,1H3. The van der Waals surface area contributed by atoms with E-state index in [9.17, 15) is 0 Å². The van der Waals surface area contributed by atoms with Crippen LogP contribution in [0.2, 0.25) is 0 Å². The van der Waals surface area contributed by atoms with Crippen molar-refractivity contribution in [1.29, 1.82) is 0 Å². The van der Waals surface area contributed by atoms with Gasteiger partial charge in [-0.1, -0.05) is 12.1 Å². The summed E-state index contributed by atoms with van der Waals surface area (Å²) in [6.45, 7) is 5.06. The molecule has 20 heavy (non-hydrogen) atoms. The lowest BCUT2D eigenvalue weighted by Gasteiger charge is -2.12. The van der Waals surface area contributed by atoms with E-state index in [0.717, 1.165) is 45.2 Å². The van der Waals surface area contributed by atoms with Crippen LogP contribution in [0.1, 0.15) is 30.4 Å². The monoisotopic (exact) mass is 274 g/mol. The lowest BCUT2D eigenvalue weighted by Crippen LogP contribution is -2.16. The number of fused-ring (bicyclic) bond motifs is 1. The van der Waals surface area contributed by atoms with Gasteiger partial charge in [0.15, 0.2) is 0 Å². The molecule has 1 aromatic rings. The molecule has 1 saturated carbocycles. The number of hydrogen-bond donors (Lipinski definition) is 1. The van der Waals surface area contributed by atoms with Crippen molar-refractivity contribution in [3.63, 3.8) is 0 Å². The molecule has 0 radical (unpaired) electrons. The number of anilines is 1. The molecule has 0 bridgehead atoms. The fourth-order valence-corrected chi connectivity index (χ4v) is 2.80. The number of rotatable bonds is 8. The number of nitrogens with zero attached hydrogens (tertiary/aromatic N) is 1. The molecule has 0 unspecified atom stereocenters. The number of ether oxygens (including phenoxy) is 1. The zero-order chi connectivity index (χ0) is 13.8. The molecule has 0 atom stereocenters. The van der Waals surface area contributed by atoms with Gasteiger partial charge in [-0.3, -0.25) is 0 Å². The van der Waals surface area contributed by atoms with Gasteiger partial charge in [0.2, 0.25) is 0 Å². The van der Waals surface area contributed by atoms with Crippen LogP contribution in [-0.4, -0.2) is 33.4 Å². The van der Waals surface area contributed by atoms with E-state index in [1.807, 2.05) is 0 Å². The van der Waals surface area contributed by atoms with Crippen molar-refractivity contribution < 1.29 is 4.74 Å². The molecule has 1 fully saturated rings. The van der Waals surface area contributed by atoms with Crippen molar-refractivity contribution in [2.75, 3.05) is 38.3 Å². The third kappa shape index (κ3) is 3.74. The largest absolute Gasteiger partial charge is 0.381 e. The van der Waals surface area contributed by atoms with Crippen LogP contribution < -0.4 is 10.2 Å². The summed E-state index contributed by atoms with van der Waals surface area (Å²) < 4.78 is 5.64. The van der Waals surface area contributed by atoms with Gasteiger partial charge >= 0.3 is 0 Å². The normalized spacial score (nSPS) is 17.6. The Labute approximate surface area is 122 Å². The minimum Gasteiger partial charge on any atom is -0.381 e. The zero-order valence-electron chi connectivity index (χ0n) is 12.5. The van der Waals surface area contributed by atoms with E-state index in [1.54, 1.807) is 0 Å². The molecule has 0 amide bonds. The lowest BCUT2D eigenvalue weighted by atomic mass is 10.1. The van der Waals surface area contributed by atoms with Crippen molar-refractivity contribution in [2.45, 2.75) is 32.2 Å². The van der Waals surface area contributed by atoms with Gasteiger partial charge in [-0.15, -0.1) is 0 Å². The Kier molecular flexibility index (Phi) is 4.58. The third-order valence-electron chi connectivity index (χ3n) is 4.29. The minimum absolute atomic E-state index is 0.882. The molecule has 110 valence electrons. The van der Waals surface area contributed by atoms with Crippen LogP contribution in [0.3, 0.4) is 0 Å². The second kappa shape index (κ2) is 6.59. The molecule has 1 aliphatic carbocycles. The van der Waals surface area contributed by atoms with Crippen molar-refractivity contribution in [2.24, 2.45) is 5.92 Å². The van der Waals surface area contributed by atoms with Crippen LogP contribution in [0.15, 0.2) is 18.2 Å². The number of hydrogen-bond acceptors (Lipinski definition) is 3. The summed E-state index contributed by atoms with van der Waals surface area (Å²) in [4.78, 5) is 2.34. The summed E-state index contributed by atoms with van der Waals surface area (Å²) in [5, 5.41) is 3.51. The Morgan fingerprint density at radius 1 is 1.35 bits per heavy atom. The van der Waals surface area contributed by atoms with Crippen LogP contribution in [0, 0.1) is 5.92 Å². The second-order valence-electron chi connectivity index (χ2n) is 6.18. The van der Waals surface area contributed by atoms with Gasteiger partial charge in [-0.05, 0) is 55.3 Å². The maximum absolute atomic E-state index is 5.64. The van der Waals surface area contributed by atoms with Gasteiger partial charge < -0.3 is 15.0 Å². The van der Waals surface area contributed by atoms with Crippen molar-refractivity contribution in [3.05, 3.63) is 29.3 Å².